The fourth-order valence-electron chi connectivity index (χ4n) is 3.24. The van der Waals surface area contributed by atoms with Gasteiger partial charge in [0.2, 0.25) is 6.79 Å². The Balaban J connectivity index is 1.35. The standard InChI is InChI=1S/C19H22N4O3/c24-19(20-12-14-5-7-16-17(11-14)26-13-25-16)15-6-8-18(22-21-15)23-9-3-1-2-4-10-23/h5-8,11H,1-4,9-10,12-13H2,(H,20,24). The lowest BCUT2D eigenvalue weighted by molar-refractivity contribution is 0.0945. The number of nitrogens with one attached hydrogen (secondary N) is 1. The second-order valence-corrected chi connectivity index (χ2v) is 6.55. The zero-order valence-electron chi connectivity index (χ0n) is 14.6. The fourth-order valence-corrected chi connectivity index (χ4v) is 3.24. The molecule has 2 aromatic rings. The molecule has 0 atom stereocenters. The van der Waals surface area contributed by atoms with Crippen LogP contribution in [0.2, 0.25) is 0 Å². The van der Waals surface area contributed by atoms with Gasteiger partial charge in [-0.2, -0.15) is 0 Å². The van der Waals surface area contributed by atoms with Crippen molar-refractivity contribution in [1.82, 2.24) is 15.5 Å². The van der Waals surface area contributed by atoms with Crippen LogP contribution in [0.5, 0.6) is 11.5 Å². The second-order valence-electron chi connectivity index (χ2n) is 6.55. The van der Waals surface area contributed by atoms with Crippen LogP contribution in [0.3, 0.4) is 0 Å². The summed E-state index contributed by atoms with van der Waals surface area (Å²) in [6, 6.07) is 9.24. The molecule has 4 rings (SSSR count). The molecular formula is C19H22N4O3. The lowest BCUT2D eigenvalue weighted by atomic mass is 10.2. The third-order valence-corrected chi connectivity index (χ3v) is 4.70. The van der Waals surface area contributed by atoms with Crippen LogP contribution >= 0.6 is 0 Å². The van der Waals surface area contributed by atoms with Gasteiger partial charge in [0.25, 0.3) is 5.91 Å². The Morgan fingerprint density at radius 2 is 1.81 bits per heavy atom. The molecule has 0 aliphatic carbocycles. The largest absolute Gasteiger partial charge is 0.454 e. The molecule has 2 aliphatic rings. The molecule has 0 bridgehead atoms. The number of benzene rings is 1. The SMILES string of the molecule is O=C(NCc1ccc2c(c1)OCO2)c1ccc(N2CCCCCC2)nn1. The number of hydrogen-bond donors (Lipinski definition) is 1. The number of ether oxygens (including phenoxy) is 2. The summed E-state index contributed by atoms with van der Waals surface area (Å²) >= 11 is 0. The first kappa shape index (κ1) is 16.6. The first-order valence-electron chi connectivity index (χ1n) is 9.05. The molecule has 1 amide bonds. The highest BCUT2D eigenvalue weighted by molar-refractivity contribution is 5.92. The zero-order valence-corrected chi connectivity index (χ0v) is 14.6. The molecule has 0 spiro atoms. The van der Waals surface area contributed by atoms with Gasteiger partial charge in [-0.15, -0.1) is 10.2 Å². The maximum Gasteiger partial charge on any atom is 0.272 e. The van der Waals surface area contributed by atoms with Crippen LogP contribution < -0.4 is 19.7 Å². The van der Waals surface area contributed by atoms with E-state index in [0.717, 1.165) is 30.2 Å². The molecule has 1 fully saturated rings. The van der Waals surface area contributed by atoms with Crippen molar-refractivity contribution in [3.8, 4) is 11.5 Å². The van der Waals surface area contributed by atoms with Crippen molar-refractivity contribution in [3.63, 3.8) is 0 Å². The van der Waals surface area contributed by atoms with Gasteiger partial charge in [-0.05, 0) is 42.7 Å². The van der Waals surface area contributed by atoms with E-state index in [1.54, 1.807) is 6.07 Å². The van der Waals surface area contributed by atoms with E-state index in [9.17, 15) is 4.79 Å². The Labute approximate surface area is 152 Å². The number of rotatable bonds is 4. The first-order chi connectivity index (χ1) is 12.8. The fraction of sp³-hybridized carbons (Fsp3) is 0.421. The Hall–Kier alpha value is -2.83. The molecule has 7 nitrogen and oxygen atoms in total. The van der Waals surface area contributed by atoms with Crippen LogP contribution in [0.25, 0.3) is 0 Å². The highest BCUT2D eigenvalue weighted by Crippen LogP contribution is 2.32. The third kappa shape index (κ3) is 3.71. The minimum atomic E-state index is -0.238. The van der Waals surface area contributed by atoms with Crippen LogP contribution in [0, 0.1) is 0 Å². The van der Waals surface area contributed by atoms with Crippen LogP contribution in [0.4, 0.5) is 5.82 Å². The van der Waals surface area contributed by atoms with Gasteiger partial charge in [0.15, 0.2) is 23.0 Å². The van der Waals surface area contributed by atoms with Gasteiger partial charge in [0.1, 0.15) is 0 Å². The quantitative estimate of drug-likeness (QED) is 0.909. The summed E-state index contributed by atoms with van der Waals surface area (Å²) in [5.74, 6) is 2.05. The Kier molecular flexibility index (Phi) is 4.86. The molecular weight excluding hydrogens is 332 g/mol. The minimum Gasteiger partial charge on any atom is -0.454 e. The van der Waals surface area contributed by atoms with Gasteiger partial charge in [-0.25, -0.2) is 0 Å². The van der Waals surface area contributed by atoms with E-state index in [4.69, 9.17) is 9.47 Å². The van der Waals surface area contributed by atoms with Gasteiger partial charge in [-0.1, -0.05) is 18.9 Å². The number of fused-ring (bicyclic) bond motifs is 1. The van der Waals surface area contributed by atoms with E-state index >= 15 is 0 Å². The molecule has 0 radical (unpaired) electrons. The summed E-state index contributed by atoms with van der Waals surface area (Å²) in [6.45, 7) is 2.64. The second kappa shape index (κ2) is 7.59. The molecule has 0 saturated carbocycles. The normalized spacial score (nSPS) is 16.2. The molecule has 1 saturated heterocycles. The van der Waals surface area contributed by atoms with Gasteiger partial charge in [0, 0.05) is 19.6 Å². The molecule has 26 heavy (non-hydrogen) atoms. The number of hydrogen-bond acceptors (Lipinski definition) is 6. The molecule has 7 heteroatoms. The van der Waals surface area contributed by atoms with Crippen LogP contribution in [-0.2, 0) is 6.54 Å². The van der Waals surface area contributed by atoms with Crippen LogP contribution in [0.15, 0.2) is 30.3 Å². The number of aromatic nitrogens is 2. The Bertz CT molecular complexity index is 771. The van der Waals surface area contributed by atoms with Crippen molar-refractivity contribution in [1.29, 1.82) is 0 Å². The summed E-state index contributed by atoms with van der Waals surface area (Å²) in [5, 5.41) is 11.2. The number of carbonyl (C=O) groups excluding carboxylic acids is 1. The molecule has 3 heterocycles. The van der Waals surface area contributed by atoms with E-state index in [2.05, 4.69) is 20.4 Å². The molecule has 1 N–H and O–H groups in total. The van der Waals surface area contributed by atoms with E-state index in [-0.39, 0.29) is 12.7 Å². The summed E-state index contributed by atoms with van der Waals surface area (Å²) in [5.41, 5.74) is 1.26. The summed E-state index contributed by atoms with van der Waals surface area (Å²) in [4.78, 5) is 14.6. The summed E-state index contributed by atoms with van der Waals surface area (Å²) in [7, 11) is 0. The van der Waals surface area contributed by atoms with Gasteiger partial charge in [0.05, 0.1) is 0 Å². The van der Waals surface area contributed by atoms with Gasteiger partial charge < -0.3 is 19.7 Å². The summed E-state index contributed by atoms with van der Waals surface area (Å²) < 4.78 is 10.6. The molecule has 136 valence electrons. The average Bonchev–Trinajstić information content (AvgIpc) is 2.98. The Morgan fingerprint density at radius 1 is 1.00 bits per heavy atom. The van der Waals surface area contributed by atoms with E-state index in [0.29, 0.717) is 18.0 Å². The minimum absolute atomic E-state index is 0.238. The highest BCUT2D eigenvalue weighted by atomic mass is 16.7. The van der Waals surface area contributed by atoms with E-state index < -0.39 is 0 Å². The van der Waals surface area contributed by atoms with Gasteiger partial charge in [-0.3, -0.25) is 4.79 Å². The summed E-state index contributed by atoms with van der Waals surface area (Å²) in [6.07, 6.45) is 4.90. The number of anilines is 1. The molecule has 1 aromatic carbocycles. The monoisotopic (exact) mass is 354 g/mol. The topological polar surface area (TPSA) is 76.6 Å². The van der Waals surface area contributed by atoms with Crippen LogP contribution in [0.1, 0.15) is 41.7 Å². The van der Waals surface area contributed by atoms with Crippen molar-refractivity contribution in [2.75, 3.05) is 24.8 Å². The van der Waals surface area contributed by atoms with Crippen molar-refractivity contribution in [3.05, 3.63) is 41.6 Å². The van der Waals surface area contributed by atoms with Crippen molar-refractivity contribution in [2.45, 2.75) is 32.2 Å². The van der Waals surface area contributed by atoms with E-state index in [1.165, 1.54) is 25.7 Å². The maximum absolute atomic E-state index is 12.3. The van der Waals surface area contributed by atoms with Crippen molar-refractivity contribution in [2.24, 2.45) is 0 Å². The number of carbonyl (C=O) groups is 1. The first-order valence-corrected chi connectivity index (χ1v) is 9.05. The number of nitrogens with zero attached hydrogens (tertiary/aromatic N) is 3. The van der Waals surface area contributed by atoms with Crippen LogP contribution in [-0.4, -0.2) is 36.0 Å². The molecule has 2 aliphatic heterocycles. The Morgan fingerprint density at radius 3 is 2.58 bits per heavy atom. The zero-order chi connectivity index (χ0) is 17.8. The highest BCUT2D eigenvalue weighted by Gasteiger charge is 2.15. The lowest BCUT2D eigenvalue weighted by Gasteiger charge is -2.20. The van der Waals surface area contributed by atoms with E-state index in [1.807, 2.05) is 24.3 Å². The van der Waals surface area contributed by atoms with Crippen molar-refractivity contribution < 1.29 is 14.3 Å². The maximum atomic E-state index is 12.3. The number of amides is 1. The smallest absolute Gasteiger partial charge is 0.272 e. The van der Waals surface area contributed by atoms with Crippen molar-refractivity contribution >= 4 is 11.7 Å². The third-order valence-electron chi connectivity index (χ3n) is 4.70. The predicted octanol–water partition coefficient (Wildman–Crippen LogP) is 2.52. The molecule has 1 aromatic heterocycles. The van der Waals surface area contributed by atoms with Gasteiger partial charge >= 0.3 is 0 Å². The lowest BCUT2D eigenvalue weighted by Crippen LogP contribution is -2.27. The average molecular weight is 354 g/mol. The predicted molar refractivity (Wildman–Crippen MR) is 96.4 cm³/mol. The molecule has 0 unspecified atom stereocenters.